The molecule has 0 N–H and O–H groups in total. The van der Waals surface area contributed by atoms with Crippen molar-refractivity contribution in [1.29, 1.82) is 0 Å². The largest absolute Gasteiger partial charge is 0.284 e. The third-order valence-electron chi connectivity index (χ3n) is 3.51. The molecule has 1 aliphatic heterocycles. The summed E-state index contributed by atoms with van der Waals surface area (Å²) < 4.78 is 28.2. The van der Waals surface area contributed by atoms with Gasteiger partial charge in [0.05, 0.1) is 15.3 Å². The molecule has 7 heteroatoms. The van der Waals surface area contributed by atoms with Crippen LogP contribution in [-0.2, 0) is 14.8 Å². The molecule has 2 aromatic rings. The van der Waals surface area contributed by atoms with Crippen molar-refractivity contribution in [2.24, 2.45) is 4.40 Å². The van der Waals surface area contributed by atoms with Gasteiger partial charge in [-0.15, -0.1) is 4.40 Å². The van der Waals surface area contributed by atoms with E-state index in [4.69, 9.17) is 0 Å². The van der Waals surface area contributed by atoms with Crippen molar-refractivity contribution in [3.8, 4) is 0 Å². The minimum atomic E-state index is -3.88. The lowest BCUT2D eigenvalue weighted by Crippen LogP contribution is -2.36. The number of sulfonamides is 1. The predicted molar refractivity (Wildman–Crippen MR) is 96.7 cm³/mol. The van der Waals surface area contributed by atoms with Gasteiger partial charge in [0, 0.05) is 0 Å². The zero-order valence-electron chi connectivity index (χ0n) is 13.2. The number of carbonyl (C=O) groups is 1. The summed E-state index contributed by atoms with van der Waals surface area (Å²) in [7, 11) is -3.88. The summed E-state index contributed by atoms with van der Waals surface area (Å²) in [5.74, 6) is -0.194. The molecule has 0 bridgehead atoms. The second kappa shape index (κ2) is 6.07. The van der Waals surface area contributed by atoms with Gasteiger partial charge in [0.2, 0.25) is 5.91 Å². The van der Waals surface area contributed by atoms with E-state index in [9.17, 15) is 13.2 Å². The first-order valence-corrected chi connectivity index (χ1v) is 9.55. The Kier molecular flexibility index (Phi) is 4.23. The number of hydrogen-bond acceptors (Lipinski definition) is 4. The van der Waals surface area contributed by atoms with Crippen molar-refractivity contribution < 1.29 is 13.2 Å². The topological polar surface area (TPSA) is 66.8 Å². The van der Waals surface area contributed by atoms with Crippen LogP contribution in [0.15, 0.2) is 70.0 Å². The van der Waals surface area contributed by atoms with Crippen LogP contribution in [0.2, 0.25) is 0 Å². The van der Waals surface area contributed by atoms with Gasteiger partial charge < -0.3 is 0 Å². The molecule has 0 aliphatic carbocycles. The zero-order chi connectivity index (χ0) is 17.4. The molecule has 1 amide bonds. The van der Waals surface area contributed by atoms with E-state index in [-0.39, 0.29) is 16.0 Å². The Balaban J connectivity index is 2.09. The SMILES string of the molecule is CC1(C)SC(=NS(=O)(=O)c2ccccc2)N(c2ccccc2)C1=O. The number of amides is 1. The Bertz CT molecular complexity index is 892. The maximum absolute atomic E-state index is 12.7. The summed E-state index contributed by atoms with van der Waals surface area (Å²) in [6.45, 7) is 3.52. The molecule has 5 nitrogen and oxygen atoms in total. The number of hydrogen-bond donors (Lipinski definition) is 0. The fraction of sp³-hybridized carbons (Fsp3) is 0.176. The molecule has 2 aromatic carbocycles. The van der Waals surface area contributed by atoms with Crippen molar-refractivity contribution in [3.63, 3.8) is 0 Å². The number of carbonyl (C=O) groups excluding carboxylic acids is 1. The Morgan fingerprint density at radius 1 is 0.958 bits per heavy atom. The van der Waals surface area contributed by atoms with Gasteiger partial charge in [0.1, 0.15) is 0 Å². The number of rotatable bonds is 3. The van der Waals surface area contributed by atoms with Crippen LogP contribution < -0.4 is 4.90 Å². The van der Waals surface area contributed by atoms with Crippen molar-refractivity contribution in [1.82, 2.24) is 0 Å². The van der Waals surface area contributed by atoms with E-state index in [0.29, 0.717) is 5.69 Å². The van der Waals surface area contributed by atoms with Crippen molar-refractivity contribution in [2.75, 3.05) is 4.90 Å². The molecule has 0 aromatic heterocycles. The molecule has 3 rings (SSSR count). The van der Waals surface area contributed by atoms with Gasteiger partial charge in [-0.3, -0.25) is 9.69 Å². The number of nitrogens with zero attached hydrogens (tertiary/aromatic N) is 2. The van der Waals surface area contributed by atoms with Gasteiger partial charge in [-0.2, -0.15) is 8.42 Å². The number of benzene rings is 2. The van der Waals surface area contributed by atoms with Crippen LogP contribution in [-0.4, -0.2) is 24.2 Å². The van der Waals surface area contributed by atoms with E-state index in [1.54, 1.807) is 56.3 Å². The minimum Gasteiger partial charge on any atom is -0.272 e. The fourth-order valence-corrected chi connectivity index (χ4v) is 4.54. The van der Waals surface area contributed by atoms with Crippen molar-refractivity contribution in [3.05, 3.63) is 60.7 Å². The minimum absolute atomic E-state index is 0.100. The van der Waals surface area contributed by atoms with Gasteiger partial charge >= 0.3 is 0 Å². The van der Waals surface area contributed by atoms with Crippen LogP contribution in [0, 0.1) is 0 Å². The first kappa shape index (κ1) is 16.7. The van der Waals surface area contributed by atoms with Crippen LogP contribution in [0.5, 0.6) is 0 Å². The highest BCUT2D eigenvalue weighted by Crippen LogP contribution is 2.40. The molecule has 0 radical (unpaired) electrons. The molecular formula is C17H16N2O3S2. The van der Waals surface area contributed by atoms with Crippen molar-refractivity contribution in [2.45, 2.75) is 23.5 Å². The summed E-state index contributed by atoms with van der Waals surface area (Å²) >= 11 is 1.15. The summed E-state index contributed by atoms with van der Waals surface area (Å²) in [5.41, 5.74) is 0.600. The second-order valence-corrected chi connectivity index (χ2v) is 8.94. The number of amidine groups is 1. The number of para-hydroxylation sites is 1. The average Bonchev–Trinajstić information content (AvgIpc) is 2.77. The lowest BCUT2D eigenvalue weighted by Gasteiger charge is -2.17. The molecule has 0 unspecified atom stereocenters. The van der Waals surface area contributed by atoms with E-state index in [2.05, 4.69) is 4.40 Å². The smallest absolute Gasteiger partial charge is 0.272 e. The highest BCUT2D eigenvalue weighted by atomic mass is 32.2. The van der Waals surface area contributed by atoms with Gasteiger partial charge in [-0.25, -0.2) is 0 Å². The highest BCUT2D eigenvalue weighted by Gasteiger charge is 2.46. The maximum atomic E-state index is 12.7. The monoisotopic (exact) mass is 360 g/mol. The van der Waals surface area contributed by atoms with Crippen molar-refractivity contribution >= 4 is 38.5 Å². The lowest BCUT2D eigenvalue weighted by atomic mass is 10.1. The lowest BCUT2D eigenvalue weighted by molar-refractivity contribution is -0.118. The van der Waals surface area contributed by atoms with Crippen LogP contribution in [0.4, 0.5) is 5.69 Å². The molecule has 1 fully saturated rings. The molecule has 124 valence electrons. The van der Waals surface area contributed by atoms with E-state index >= 15 is 0 Å². The summed E-state index contributed by atoms with van der Waals surface area (Å²) in [4.78, 5) is 14.2. The molecule has 0 atom stereocenters. The van der Waals surface area contributed by atoms with Crippen LogP contribution in [0.3, 0.4) is 0 Å². The average molecular weight is 360 g/mol. The number of anilines is 1. The van der Waals surface area contributed by atoms with Crippen LogP contribution in [0.25, 0.3) is 0 Å². The molecule has 1 aliphatic rings. The Hall–Kier alpha value is -2.12. The Labute approximate surface area is 145 Å². The standard InChI is InChI=1S/C17H16N2O3S2/c1-17(2)15(20)19(13-9-5-3-6-10-13)16(23-17)18-24(21,22)14-11-7-4-8-12-14/h3-12H,1-2H3. The van der Waals surface area contributed by atoms with Gasteiger partial charge in [-0.1, -0.05) is 48.2 Å². The molecule has 0 saturated carbocycles. The third-order valence-corrected chi connectivity index (χ3v) is 6.05. The Morgan fingerprint density at radius 2 is 1.50 bits per heavy atom. The normalized spacial score (nSPS) is 19.0. The number of thioether (sulfide) groups is 1. The quantitative estimate of drug-likeness (QED) is 0.842. The Morgan fingerprint density at radius 3 is 2.08 bits per heavy atom. The van der Waals surface area contributed by atoms with Crippen LogP contribution >= 0.6 is 11.8 Å². The molecule has 0 spiro atoms. The van der Waals surface area contributed by atoms with Gasteiger partial charge in [0.15, 0.2) is 5.17 Å². The first-order valence-electron chi connectivity index (χ1n) is 7.30. The second-order valence-electron chi connectivity index (χ2n) is 5.75. The first-order chi connectivity index (χ1) is 11.3. The summed E-state index contributed by atoms with van der Waals surface area (Å²) in [6.07, 6.45) is 0. The summed E-state index contributed by atoms with van der Waals surface area (Å²) in [5, 5.41) is 0.167. The fourth-order valence-electron chi connectivity index (χ4n) is 2.29. The van der Waals surface area contributed by atoms with E-state index < -0.39 is 14.8 Å². The highest BCUT2D eigenvalue weighted by molar-refractivity contribution is 8.17. The van der Waals surface area contributed by atoms with E-state index in [1.807, 2.05) is 6.07 Å². The van der Waals surface area contributed by atoms with Gasteiger partial charge in [-0.05, 0) is 38.1 Å². The molecule has 1 heterocycles. The van der Waals surface area contributed by atoms with E-state index in [1.165, 1.54) is 17.0 Å². The third kappa shape index (κ3) is 3.09. The zero-order valence-corrected chi connectivity index (χ0v) is 14.8. The predicted octanol–water partition coefficient (Wildman–Crippen LogP) is 3.29. The van der Waals surface area contributed by atoms with Crippen LogP contribution in [0.1, 0.15) is 13.8 Å². The summed E-state index contributed by atoms with van der Waals surface area (Å²) in [6, 6.07) is 16.9. The van der Waals surface area contributed by atoms with E-state index in [0.717, 1.165) is 11.8 Å². The maximum Gasteiger partial charge on any atom is 0.284 e. The molecule has 1 saturated heterocycles. The molecule has 24 heavy (non-hydrogen) atoms. The van der Waals surface area contributed by atoms with Gasteiger partial charge in [0.25, 0.3) is 10.0 Å². The molecular weight excluding hydrogens is 344 g/mol.